The van der Waals surface area contributed by atoms with Crippen LogP contribution in [0.1, 0.15) is 35.8 Å². The number of aromatic nitrogens is 3. The number of aromatic hydroxyl groups is 2. The van der Waals surface area contributed by atoms with Crippen molar-refractivity contribution in [2.45, 2.75) is 31.2 Å². The lowest BCUT2D eigenvalue weighted by Gasteiger charge is -2.47. The first kappa shape index (κ1) is 20.1. The number of hydrogen-bond acceptors (Lipinski definition) is 6. The zero-order valence-corrected chi connectivity index (χ0v) is 18.7. The van der Waals surface area contributed by atoms with Crippen LogP contribution < -0.4 is 4.90 Å². The second kappa shape index (κ2) is 7.81. The molecule has 2 unspecified atom stereocenters. The van der Waals surface area contributed by atoms with Gasteiger partial charge >= 0.3 is 0 Å². The van der Waals surface area contributed by atoms with E-state index >= 15 is 0 Å². The molecule has 32 heavy (non-hydrogen) atoms. The minimum absolute atomic E-state index is 0.206. The van der Waals surface area contributed by atoms with Gasteiger partial charge in [0.2, 0.25) is 0 Å². The van der Waals surface area contributed by atoms with Crippen LogP contribution in [0, 0.1) is 11.8 Å². The molecule has 3 heterocycles. The molecule has 1 saturated heterocycles. The van der Waals surface area contributed by atoms with Crippen molar-refractivity contribution in [2.24, 2.45) is 11.8 Å². The average Bonchev–Trinajstić information content (AvgIpc) is 3.03. The fourth-order valence-corrected chi connectivity index (χ4v) is 6.09. The van der Waals surface area contributed by atoms with E-state index in [4.69, 9.17) is 11.6 Å². The molecule has 1 aliphatic heterocycles. The fraction of sp³-hybridized carbons (Fsp3) is 0.500. The molecular formula is C24H28ClN5O2. The largest absolute Gasteiger partial charge is 0.494 e. The molecule has 7 rings (SSSR count). The van der Waals surface area contributed by atoms with Crippen LogP contribution in [0.4, 0.5) is 5.82 Å². The van der Waals surface area contributed by atoms with Gasteiger partial charge in [-0.2, -0.15) is 0 Å². The van der Waals surface area contributed by atoms with Crippen molar-refractivity contribution in [3.63, 3.8) is 0 Å². The van der Waals surface area contributed by atoms with Gasteiger partial charge in [-0.25, -0.2) is 4.98 Å². The van der Waals surface area contributed by atoms with Crippen LogP contribution in [0.15, 0.2) is 36.7 Å². The lowest BCUT2D eigenvalue weighted by Crippen LogP contribution is -2.47. The number of halogens is 1. The highest BCUT2D eigenvalue weighted by Crippen LogP contribution is 2.61. The minimum Gasteiger partial charge on any atom is -0.494 e. The molecule has 1 fully saturated rings. The van der Waals surface area contributed by atoms with Gasteiger partial charge in [0.25, 0.3) is 0 Å². The van der Waals surface area contributed by atoms with E-state index in [9.17, 15) is 10.2 Å². The van der Waals surface area contributed by atoms with Gasteiger partial charge in [-0.1, -0.05) is 35.9 Å². The van der Waals surface area contributed by atoms with Crippen LogP contribution in [0.25, 0.3) is 0 Å². The Morgan fingerprint density at radius 2 is 1.47 bits per heavy atom. The van der Waals surface area contributed by atoms with Gasteiger partial charge in [-0.3, -0.25) is 14.5 Å². The summed E-state index contributed by atoms with van der Waals surface area (Å²) in [6.07, 6.45) is 14.2. The molecule has 168 valence electrons. The quantitative estimate of drug-likeness (QED) is 0.515. The summed E-state index contributed by atoms with van der Waals surface area (Å²) >= 11 is 5.96. The van der Waals surface area contributed by atoms with E-state index in [1.54, 1.807) is 17.0 Å². The van der Waals surface area contributed by atoms with Crippen molar-refractivity contribution in [3.8, 4) is 11.8 Å². The highest BCUT2D eigenvalue weighted by atomic mass is 35.5. The maximum absolute atomic E-state index is 10.9. The van der Waals surface area contributed by atoms with Crippen LogP contribution in [-0.4, -0.2) is 62.4 Å². The number of piperazine rings is 1. The normalized spacial score (nSPS) is 28.0. The van der Waals surface area contributed by atoms with Gasteiger partial charge in [0, 0.05) is 55.7 Å². The molecular weight excluding hydrogens is 426 g/mol. The fourth-order valence-electron chi connectivity index (χ4n) is 5.95. The first-order chi connectivity index (χ1) is 15.6. The first-order valence-electron chi connectivity index (χ1n) is 11.6. The highest BCUT2D eigenvalue weighted by molar-refractivity contribution is 6.29. The Labute approximate surface area is 192 Å². The molecule has 5 aliphatic rings. The predicted octanol–water partition coefficient (Wildman–Crippen LogP) is 3.50. The Bertz CT molecular complexity index is 1040. The SMILES string of the molecule is Oc1c2c(c(O)n1CCCCN1CCN(c3cncc(Cl)n3)CC1)C1C=CC2[C@H]2C=C[C@@H]12. The molecule has 7 nitrogen and oxygen atoms in total. The van der Waals surface area contributed by atoms with Gasteiger partial charge in [0.05, 0.1) is 12.4 Å². The average molecular weight is 454 g/mol. The van der Waals surface area contributed by atoms with E-state index in [2.05, 4.69) is 44.1 Å². The van der Waals surface area contributed by atoms with E-state index in [0.717, 1.165) is 62.5 Å². The summed E-state index contributed by atoms with van der Waals surface area (Å²) in [6.45, 7) is 5.43. The summed E-state index contributed by atoms with van der Waals surface area (Å²) < 4.78 is 1.73. The van der Waals surface area contributed by atoms with E-state index in [0.29, 0.717) is 23.5 Å². The third-order valence-corrected chi connectivity index (χ3v) is 7.88. The predicted molar refractivity (Wildman–Crippen MR) is 123 cm³/mol. The van der Waals surface area contributed by atoms with Crippen molar-refractivity contribution < 1.29 is 10.2 Å². The number of unbranched alkanes of at least 4 members (excludes halogenated alkanes) is 1. The highest BCUT2D eigenvalue weighted by Gasteiger charge is 2.49. The van der Waals surface area contributed by atoms with Crippen LogP contribution in [0.2, 0.25) is 5.15 Å². The van der Waals surface area contributed by atoms with Crippen molar-refractivity contribution in [3.05, 3.63) is 53.0 Å². The molecule has 0 amide bonds. The van der Waals surface area contributed by atoms with Gasteiger partial charge < -0.3 is 15.1 Å². The van der Waals surface area contributed by atoms with Gasteiger partial charge in [0.15, 0.2) is 11.8 Å². The summed E-state index contributed by atoms with van der Waals surface area (Å²) in [5.74, 6) is 2.76. The molecule has 4 atom stereocenters. The van der Waals surface area contributed by atoms with Crippen LogP contribution in [0.3, 0.4) is 0 Å². The zero-order valence-electron chi connectivity index (χ0n) is 17.9. The second-order valence-corrected chi connectivity index (χ2v) is 9.73. The Morgan fingerprint density at radius 3 is 2.06 bits per heavy atom. The third-order valence-electron chi connectivity index (χ3n) is 7.70. The van der Waals surface area contributed by atoms with Crippen molar-refractivity contribution in [2.75, 3.05) is 37.6 Å². The number of rotatable bonds is 6. The van der Waals surface area contributed by atoms with E-state index < -0.39 is 0 Å². The van der Waals surface area contributed by atoms with Crippen molar-refractivity contribution >= 4 is 17.4 Å². The monoisotopic (exact) mass is 453 g/mol. The smallest absolute Gasteiger partial charge is 0.198 e. The summed E-state index contributed by atoms with van der Waals surface area (Å²) in [5, 5.41) is 22.3. The number of hydrogen-bond donors (Lipinski definition) is 2. The van der Waals surface area contributed by atoms with Crippen molar-refractivity contribution in [1.29, 1.82) is 0 Å². The van der Waals surface area contributed by atoms with Gasteiger partial charge in [-0.05, 0) is 31.2 Å². The molecule has 8 heteroatoms. The first-order valence-corrected chi connectivity index (χ1v) is 12.0. The molecule has 0 radical (unpaired) electrons. The zero-order chi connectivity index (χ0) is 21.8. The van der Waals surface area contributed by atoms with Crippen LogP contribution in [-0.2, 0) is 6.54 Å². The summed E-state index contributed by atoms with van der Waals surface area (Å²) in [7, 11) is 0. The van der Waals surface area contributed by atoms with Crippen LogP contribution in [0.5, 0.6) is 11.8 Å². The molecule has 2 aromatic heterocycles. The molecule has 2 bridgehead atoms. The summed E-state index contributed by atoms with van der Waals surface area (Å²) in [4.78, 5) is 13.2. The molecule has 2 N–H and O–H groups in total. The van der Waals surface area contributed by atoms with Gasteiger partial charge in [0.1, 0.15) is 11.0 Å². The number of anilines is 1. The molecule has 0 spiro atoms. The molecule has 0 aromatic carbocycles. The second-order valence-electron chi connectivity index (χ2n) is 9.34. The van der Waals surface area contributed by atoms with E-state index in [1.807, 2.05) is 0 Å². The Balaban J connectivity index is 1.03. The Morgan fingerprint density at radius 1 is 0.844 bits per heavy atom. The molecule has 2 aromatic rings. The van der Waals surface area contributed by atoms with Crippen LogP contribution >= 0.6 is 11.6 Å². The lowest BCUT2D eigenvalue weighted by atomic mass is 9.56. The lowest BCUT2D eigenvalue weighted by molar-refractivity contribution is 0.249. The van der Waals surface area contributed by atoms with E-state index in [1.165, 1.54) is 0 Å². The topological polar surface area (TPSA) is 77.7 Å². The maximum Gasteiger partial charge on any atom is 0.198 e. The minimum atomic E-state index is 0.206. The van der Waals surface area contributed by atoms with Crippen molar-refractivity contribution in [1.82, 2.24) is 19.4 Å². The van der Waals surface area contributed by atoms with E-state index in [-0.39, 0.29) is 23.6 Å². The molecule has 4 aliphatic carbocycles. The van der Waals surface area contributed by atoms with Gasteiger partial charge in [-0.15, -0.1) is 0 Å². The standard InChI is InChI=1S/C24H28ClN5O2/c25-19-13-26-14-20(27-19)29-11-9-28(10-12-29)7-1-2-8-30-23(31)21-17-5-6-18(22(21)24(30)32)16-4-3-15(16)17/h3-6,13-18,31-32H,1-2,7-12H2/t15-,16+,17?,18?. The Hall–Kier alpha value is -2.51. The maximum atomic E-state index is 10.9. The Kier molecular flexibility index (Phi) is 4.91. The summed E-state index contributed by atoms with van der Waals surface area (Å²) in [6, 6.07) is 0. The molecule has 0 saturated carbocycles. The summed E-state index contributed by atoms with van der Waals surface area (Å²) in [5.41, 5.74) is 1.92. The number of allylic oxidation sites excluding steroid dienone is 4. The third kappa shape index (κ3) is 3.13. The number of nitrogens with zero attached hydrogens (tertiary/aromatic N) is 5.